The second-order valence-corrected chi connectivity index (χ2v) is 1.16. The van der Waals surface area contributed by atoms with E-state index < -0.39 is 0 Å². The summed E-state index contributed by atoms with van der Waals surface area (Å²) in [5, 5.41) is 10.4. The third-order valence-corrected chi connectivity index (χ3v) is 0.387. The first-order valence-electron chi connectivity index (χ1n) is 2.02. The summed E-state index contributed by atoms with van der Waals surface area (Å²) in [6.07, 6.45) is 1.44. The van der Waals surface area contributed by atoms with Gasteiger partial charge in [0.05, 0.1) is 6.21 Å². The van der Waals surface area contributed by atoms with Gasteiger partial charge in [-0.1, -0.05) is 0 Å². The fraction of sp³-hybridized carbons (Fsp3) is 0.500. The normalized spacial score (nSPS) is 9.43. The van der Waals surface area contributed by atoms with E-state index >= 15 is 0 Å². The second-order valence-electron chi connectivity index (χ2n) is 1.16. The van der Waals surface area contributed by atoms with E-state index in [4.69, 9.17) is 5.41 Å². The van der Waals surface area contributed by atoms with Gasteiger partial charge in [-0.2, -0.15) is 5.10 Å². The largest absolute Gasteiger partial charge is 0.313 e. The van der Waals surface area contributed by atoms with Gasteiger partial charge in [0.15, 0.2) is 0 Å². The van der Waals surface area contributed by atoms with Crippen molar-refractivity contribution in [3.63, 3.8) is 0 Å². The quantitative estimate of drug-likeness (QED) is 0.378. The Labute approximate surface area is 42.9 Å². The van der Waals surface area contributed by atoms with E-state index in [1.54, 1.807) is 14.0 Å². The third-order valence-electron chi connectivity index (χ3n) is 0.387. The van der Waals surface area contributed by atoms with Crippen LogP contribution in [0.5, 0.6) is 0 Å². The third kappa shape index (κ3) is 5.14. The van der Waals surface area contributed by atoms with Gasteiger partial charge in [0.1, 0.15) is 0 Å². The first kappa shape index (κ1) is 6.14. The lowest BCUT2D eigenvalue weighted by molar-refractivity contribution is 0.910. The molecule has 3 nitrogen and oxygen atoms in total. The molecule has 0 fully saturated rings. The fourth-order valence-corrected chi connectivity index (χ4v) is 0.161. The van der Waals surface area contributed by atoms with Crippen molar-refractivity contribution in [2.45, 2.75) is 6.92 Å². The number of nitrogens with zero attached hydrogens (tertiary/aromatic N) is 1. The van der Waals surface area contributed by atoms with E-state index in [-0.39, 0.29) is 0 Å². The van der Waals surface area contributed by atoms with Gasteiger partial charge in [-0.25, -0.2) is 0 Å². The zero-order chi connectivity index (χ0) is 5.70. The van der Waals surface area contributed by atoms with E-state index in [9.17, 15) is 0 Å². The lowest BCUT2D eigenvalue weighted by Gasteiger charge is -1.81. The Morgan fingerprint density at radius 1 is 1.86 bits per heavy atom. The van der Waals surface area contributed by atoms with Crippen LogP contribution in [-0.2, 0) is 0 Å². The van der Waals surface area contributed by atoms with Gasteiger partial charge in [-0.15, -0.1) is 0 Å². The minimum absolute atomic E-state index is 0.453. The molecule has 7 heavy (non-hydrogen) atoms. The van der Waals surface area contributed by atoms with Gasteiger partial charge >= 0.3 is 0 Å². The summed E-state index contributed by atoms with van der Waals surface area (Å²) in [4.78, 5) is 0. The van der Waals surface area contributed by atoms with Crippen LogP contribution in [-0.4, -0.2) is 19.0 Å². The zero-order valence-corrected chi connectivity index (χ0v) is 4.52. The highest BCUT2D eigenvalue weighted by atomic mass is 15.3. The average Bonchev–Trinajstić information content (AvgIpc) is 1.61. The molecule has 0 saturated carbocycles. The van der Waals surface area contributed by atoms with E-state index in [1.807, 2.05) is 0 Å². The highest BCUT2D eigenvalue weighted by molar-refractivity contribution is 6.27. The average molecular weight is 99.1 g/mol. The molecule has 0 amide bonds. The van der Waals surface area contributed by atoms with Crippen molar-refractivity contribution in [1.82, 2.24) is 5.43 Å². The van der Waals surface area contributed by atoms with Gasteiger partial charge in [0.25, 0.3) is 0 Å². The van der Waals surface area contributed by atoms with Gasteiger partial charge in [-0.05, 0) is 6.92 Å². The smallest absolute Gasteiger partial charge is 0.0672 e. The lowest BCUT2D eigenvalue weighted by atomic mass is 10.5. The van der Waals surface area contributed by atoms with Gasteiger partial charge in [0, 0.05) is 12.8 Å². The maximum atomic E-state index is 6.81. The van der Waals surface area contributed by atoms with E-state index in [0.29, 0.717) is 5.71 Å². The number of hydrazone groups is 1. The van der Waals surface area contributed by atoms with Crippen LogP contribution in [0.1, 0.15) is 6.92 Å². The van der Waals surface area contributed by atoms with Crippen LogP contribution in [0.15, 0.2) is 5.10 Å². The molecule has 40 valence electrons. The van der Waals surface area contributed by atoms with Crippen molar-refractivity contribution in [3.8, 4) is 0 Å². The predicted molar refractivity (Wildman–Crippen MR) is 31.0 cm³/mol. The maximum absolute atomic E-state index is 6.81. The molecule has 0 aromatic rings. The van der Waals surface area contributed by atoms with Crippen LogP contribution in [0, 0.1) is 5.41 Å². The molecule has 0 heterocycles. The molecule has 3 heteroatoms. The van der Waals surface area contributed by atoms with Gasteiger partial charge in [-0.3, -0.25) is 0 Å². The first-order valence-corrected chi connectivity index (χ1v) is 2.02. The lowest BCUT2D eigenvalue weighted by Crippen LogP contribution is -1.98. The predicted octanol–water partition coefficient (Wildman–Crippen LogP) is 0.231. The number of nitrogens with one attached hydrogen (secondary N) is 2. The van der Waals surface area contributed by atoms with Gasteiger partial charge in [0.2, 0.25) is 0 Å². The Balaban J connectivity index is 3.26. The first-order chi connectivity index (χ1) is 3.27. The zero-order valence-electron chi connectivity index (χ0n) is 4.52. The molecule has 0 radical (unpaired) electrons. The Morgan fingerprint density at radius 2 is 2.43 bits per heavy atom. The number of hydrogen-bond donors (Lipinski definition) is 2. The molecule has 0 aromatic heterocycles. The molecule has 0 aliphatic carbocycles. The maximum Gasteiger partial charge on any atom is 0.0672 e. The standard InChI is InChI=1S/C4H9N3/c1-4(5)3-7-6-2/h3,5-6H,1-2H3/b5-4?,7-3-. The van der Waals surface area contributed by atoms with Crippen molar-refractivity contribution in [2.75, 3.05) is 7.05 Å². The molecule has 0 saturated heterocycles. The molecule has 0 bridgehead atoms. The summed E-state index contributed by atoms with van der Waals surface area (Å²) < 4.78 is 0. The minimum atomic E-state index is 0.453. The van der Waals surface area contributed by atoms with Crippen molar-refractivity contribution in [1.29, 1.82) is 5.41 Å². The topological polar surface area (TPSA) is 48.2 Å². The van der Waals surface area contributed by atoms with Crippen LogP contribution in [0.25, 0.3) is 0 Å². The Kier molecular flexibility index (Phi) is 2.92. The molecular formula is C4H9N3. The SMILES string of the molecule is CN/N=C\C(C)=N. The fourth-order valence-electron chi connectivity index (χ4n) is 0.161. The minimum Gasteiger partial charge on any atom is -0.313 e. The van der Waals surface area contributed by atoms with Crippen LogP contribution < -0.4 is 5.43 Å². The summed E-state index contributed by atoms with van der Waals surface area (Å²) in [5.74, 6) is 0. The molecule has 0 aliphatic rings. The molecule has 0 rings (SSSR count). The van der Waals surface area contributed by atoms with Crippen molar-refractivity contribution in [2.24, 2.45) is 5.10 Å². The van der Waals surface area contributed by atoms with Crippen LogP contribution in [0.3, 0.4) is 0 Å². The summed E-state index contributed by atoms with van der Waals surface area (Å²) in [5.41, 5.74) is 2.98. The second kappa shape index (κ2) is 3.33. The van der Waals surface area contributed by atoms with Crippen molar-refractivity contribution >= 4 is 11.9 Å². The van der Waals surface area contributed by atoms with Crippen LogP contribution in [0.4, 0.5) is 0 Å². The van der Waals surface area contributed by atoms with Gasteiger partial charge < -0.3 is 10.8 Å². The molecule has 0 unspecified atom stereocenters. The van der Waals surface area contributed by atoms with E-state index in [0.717, 1.165) is 0 Å². The monoisotopic (exact) mass is 99.1 g/mol. The highest BCUT2D eigenvalue weighted by Crippen LogP contribution is 1.57. The molecule has 0 aliphatic heterocycles. The summed E-state index contributed by atoms with van der Waals surface area (Å²) in [7, 11) is 1.69. The highest BCUT2D eigenvalue weighted by Gasteiger charge is 1.70. The van der Waals surface area contributed by atoms with Crippen LogP contribution >= 0.6 is 0 Å². The Bertz CT molecular complexity index is 84.9. The molecular weight excluding hydrogens is 90.1 g/mol. The Hall–Kier alpha value is -0.860. The summed E-state index contributed by atoms with van der Waals surface area (Å²) in [6, 6.07) is 0. The van der Waals surface area contributed by atoms with Crippen molar-refractivity contribution in [3.05, 3.63) is 0 Å². The molecule has 2 N–H and O–H groups in total. The van der Waals surface area contributed by atoms with E-state index in [2.05, 4.69) is 10.5 Å². The van der Waals surface area contributed by atoms with Crippen LogP contribution in [0.2, 0.25) is 0 Å². The molecule has 0 atom stereocenters. The Morgan fingerprint density at radius 3 is 2.57 bits per heavy atom. The number of hydrogen-bond acceptors (Lipinski definition) is 3. The molecule has 0 spiro atoms. The van der Waals surface area contributed by atoms with Crippen molar-refractivity contribution < 1.29 is 0 Å². The van der Waals surface area contributed by atoms with E-state index in [1.165, 1.54) is 6.21 Å². The molecule has 0 aromatic carbocycles. The number of rotatable bonds is 2. The summed E-state index contributed by atoms with van der Waals surface area (Å²) >= 11 is 0. The summed E-state index contributed by atoms with van der Waals surface area (Å²) in [6.45, 7) is 1.67.